The molecule has 1 atom stereocenters. The highest BCUT2D eigenvalue weighted by molar-refractivity contribution is 5.92. The van der Waals surface area contributed by atoms with Crippen molar-refractivity contribution in [3.63, 3.8) is 0 Å². The van der Waals surface area contributed by atoms with E-state index in [1.54, 1.807) is 6.07 Å². The second-order valence-corrected chi connectivity index (χ2v) is 3.27. The summed E-state index contributed by atoms with van der Waals surface area (Å²) in [5, 5.41) is 0. The lowest BCUT2D eigenvalue weighted by molar-refractivity contribution is 0.0597. The fraction of sp³-hybridized carbons (Fsp3) is 0.364. The summed E-state index contributed by atoms with van der Waals surface area (Å²) in [5.74, 6) is 0.130. The van der Waals surface area contributed by atoms with Crippen molar-refractivity contribution in [1.29, 1.82) is 0 Å². The molecule has 0 aliphatic carbocycles. The van der Waals surface area contributed by atoms with Gasteiger partial charge in [-0.25, -0.2) is 4.79 Å². The first-order valence-corrected chi connectivity index (χ1v) is 4.64. The minimum absolute atomic E-state index is 0.158. The molecule has 0 amide bonds. The smallest absolute Gasteiger partial charge is 0.341 e. The van der Waals surface area contributed by atoms with Gasteiger partial charge in [0.2, 0.25) is 0 Å². The fourth-order valence-electron chi connectivity index (χ4n) is 1.43. The monoisotopic (exact) mass is 208 g/mol. The number of epoxide rings is 1. The second kappa shape index (κ2) is 3.90. The summed E-state index contributed by atoms with van der Waals surface area (Å²) >= 11 is 0. The van der Waals surface area contributed by atoms with E-state index in [9.17, 15) is 4.79 Å². The summed E-state index contributed by atoms with van der Waals surface area (Å²) < 4.78 is 14.9. The fourth-order valence-corrected chi connectivity index (χ4v) is 1.43. The van der Waals surface area contributed by atoms with Gasteiger partial charge in [-0.1, -0.05) is 6.07 Å². The number of carbonyl (C=O) groups is 1. The molecule has 1 saturated heterocycles. The average Bonchev–Trinajstić information content (AvgIpc) is 3.11. The van der Waals surface area contributed by atoms with Crippen molar-refractivity contribution in [2.75, 3.05) is 20.8 Å². The molecule has 0 N–H and O–H groups in total. The van der Waals surface area contributed by atoms with E-state index in [0.29, 0.717) is 11.3 Å². The van der Waals surface area contributed by atoms with E-state index in [2.05, 4.69) is 4.74 Å². The van der Waals surface area contributed by atoms with Crippen LogP contribution in [0.5, 0.6) is 5.75 Å². The normalized spacial score (nSPS) is 18.4. The van der Waals surface area contributed by atoms with Crippen LogP contribution in [0, 0.1) is 0 Å². The Bertz CT molecular complexity index is 382. The number of carbonyl (C=O) groups excluding carboxylic acids is 1. The molecule has 1 aliphatic rings. The number of ether oxygens (including phenoxy) is 3. The van der Waals surface area contributed by atoms with E-state index < -0.39 is 5.97 Å². The van der Waals surface area contributed by atoms with E-state index in [0.717, 1.165) is 12.2 Å². The minimum Gasteiger partial charge on any atom is -0.496 e. The predicted molar refractivity (Wildman–Crippen MR) is 53.0 cm³/mol. The Hall–Kier alpha value is -1.55. The molecule has 1 aliphatic heterocycles. The molecular weight excluding hydrogens is 196 g/mol. The molecule has 80 valence electrons. The van der Waals surface area contributed by atoms with Crippen LogP contribution in [-0.2, 0) is 9.47 Å². The van der Waals surface area contributed by atoms with Gasteiger partial charge in [-0.05, 0) is 17.7 Å². The standard InChI is InChI=1S/C11H12O4/c1-13-9-5-7(10-6-15-10)3-4-8(9)11(12)14-2/h3-5,10H,6H2,1-2H3/t10-/m0/s1. The molecule has 0 unspecified atom stereocenters. The lowest BCUT2D eigenvalue weighted by Crippen LogP contribution is -2.04. The van der Waals surface area contributed by atoms with Gasteiger partial charge < -0.3 is 14.2 Å². The molecule has 0 aromatic heterocycles. The van der Waals surface area contributed by atoms with Crippen LogP contribution in [0.2, 0.25) is 0 Å². The van der Waals surface area contributed by atoms with Crippen LogP contribution in [0.15, 0.2) is 18.2 Å². The first kappa shape index (κ1) is 9.98. The van der Waals surface area contributed by atoms with Crippen LogP contribution in [0.4, 0.5) is 0 Å². The van der Waals surface area contributed by atoms with E-state index >= 15 is 0 Å². The molecule has 0 bridgehead atoms. The molecular formula is C11H12O4. The van der Waals surface area contributed by atoms with Crippen molar-refractivity contribution in [2.45, 2.75) is 6.10 Å². The summed E-state index contributed by atoms with van der Waals surface area (Å²) in [4.78, 5) is 11.4. The minimum atomic E-state index is -0.393. The van der Waals surface area contributed by atoms with Crippen LogP contribution in [0.1, 0.15) is 22.0 Å². The summed E-state index contributed by atoms with van der Waals surface area (Å²) in [7, 11) is 2.87. The lowest BCUT2D eigenvalue weighted by Gasteiger charge is -2.07. The lowest BCUT2D eigenvalue weighted by atomic mass is 10.1. The van der Waals surface area contributed by atoms with E-state index in [-0.39, 0.29) is 6.10 Å². The summed E-state index contributed by atoms with van der Waals surface area (Å²) in [6.07, 6.45) is 0.158. The van der Waals surface area contributed by atoms with Gasteiger partial charge in [0.05, 0.1) is 20.8 Å². The summed E-state index contributed by atoms with van der Waals surface area (Å²) in [5.41, 5.74) is 1.46. The van der Waals surface area contributed by atoms with Crippen LogP contribution < -0.4 is 4.74 Å². The van der Waals surface area contributed by atoms with Gasteiger partial charge in [0.1, 0.15) is 17.4 Å². The Labute approximate surface area is 87.8 Å². The highest BCUT2D eigenvalue weighted by Gasteiger charge is 2.26. The molecule has 15 heavy (non-hydrogen) atoms. The van der Waals surface area contributed by atoms with E-state index in [1.165, 1.54) is 14.2 Å². The van der Waals surface area contributed by atoms with Gasteiger partial charge in [-0.3, -0.25) is 0 Å². The van der Waals surface area contributed by atoms with Gasteiger partial charge in [0.15, 0.2) is 0 Å². The highest BCUT2D eigenvalue weighted by Crippen LogP contribution is 2.33. The second-order valence-electron chi connectivity index (χ2n) is 3.27. The van der Waals surface area contributed by atoms with E-state index in [4.69, 9.17) is 9.47 Å². The quantitative estimate of drug-likeness (QED) is 0.558. The zero-order valence-electron chi connectivity index (χ0n) is 8.65. The average molecular weight is 208 g/mol. The van der Waals surface area contributed by atoms with Gasteiger partial charge in [-0.15, -0.1) is 0 Å². The number of benzene rings is 1. The third kappa shape index (κ3) is 1.94. The van der Waals surface area contributed by atoms with Crippen LogP contribution in [-0.4, -0.2) is 26.8 Å². The Morgan fingerprint density at radius 1 is 1.47 bits per heavy atom. The van der Waals surface area contributed by atoms with Crippen molar-refractivity contribution >= 4 is 5.97 Å². The van der Waals surface area contributed by atoms with Gasteiger partial charge in [0.25, 0.3) is 0 Å². The third-order valence-electron chi connectivity index (χ3n) is 2.34. The maximum atomic E-state index is 11.4. The predicted octanol–water partition coefficient (Wildman–Crippen LogP) is 1.55. The van der Waals surface area contributed by atoms with Gasteiger partial charge in [0, 0.05) is 0 Å². The summed E-state index contributed by atoms with van der Waals surface area (Å²) in [6.45, 7) is 0.737. The molecule has 4 heteroatoms. The van der Waals surface area contributed by atoms with E-state index in [1.807, 2.05) is 12.1 Å². The molecule has 0 radical (unpaired) electrons. The zero-order chi connectivity index (χ0) is 10.8. The molecule has 4 nitrogen and oxygen atoms in total. The van der Waals surface area contributed by atoms with Crippen LogP contribution in [0.25, 0.3) is 0 Å². The largest absolute Gasteiger partial charge is 0.496 e. The van der Waals surface area contributed by atoms with Crippen molar-refractivity contribution in [3.8, 4) is 5.75 Å². The molecule has 1 aromatic carbocycles. The molecule has 1 heterocycles. The maximum Gasteiger partial charge on any atom is 0.341 e. The first-order chi connectivity index (χ1) is 7.26. The maximum absolute atomic E-state index is 11.4. The number of hydrogen-bond acceptors (Lipinski definition) is 4. The van der Waals surface area contributed by atoms with Crippen molar-refractivity contribution in [1.82, 2.24) is 0 Å². The first-order valence-electron chi connectivity index (χ1n) is 4.64. The molecule has 1 fully saturated rings. The number of rotatable bonds is 3. The number of esters is 1. The number of methoxy groups -OCH3 is 2. The number of hydrogen-bond donors (Lipinski definition) is 0. The van der Waals surface area contributed by atoms with Gasteiger partial charge >= 0.3 is 5.97 Å². The third-order valence-corrected chi connectivity index (χ3v) is 2.34. The zero-order valence-corrected chi connectivity index (χ0v) is 8.65. The molecule has 0 saturated carbocycles. The van der Waals surface area contributed by atoms with Crippen LogP contribution >= 0.6 is 0 Å². The summed E-state index contributed by atoms with van der Waals surface area (Å²) in [6, 6.07) is 5.36. The Morgan fingerprint density at radius 2 is 2.20 bits per heavy atom. The SMILES string of the molecule is COC(=O)c1ccc([C@@H]2CO2)cc1OC. The van der Waals surface area contributed by atoms with Crippen LogP contribution in [0.3, 0.4) is 0 Å². The van der Waals surface area contributed by atoms with Gasteiger partial charge in [-0.2, -0.15) is 0 Å². The molecule has 2 rings (SSSR count). The molecule has 1 aromatic rings. The van der Waals surface area contributed by atoms with Crippen molar-refractivity contribution in [2.24, 2.45) is 0 Å². The van der Waals surface area contributed by atoms with Crippen molar-refractivity contribution in [3.05, 3.63) is 29.3 Å². The topological polar surface area (TPSA) is 48.1 Å². The highest BCUT2D eigenvalue weighted by atomic mass is 16.6. The Kier molecular flexibility index (Phi) is 2.60. The Morgan fingerprint density at radius 3 is 2.73 bits per heavy atom. The van der Waals surface area contributed by atoms with Crippen molar-refractivity contribution < 1.29 is 19.0 Å². The Balaban J connectivity index is 2.34. The molecule has 0 spiro atoms.